The van der Waals surface area contributed by atoms with Crippen LogP contribution in [0.25, 0.3) is 0 Å². The van der Waals surface area contributed by atoms with Gasteiger partial charge in [-0.25, -0.2) is 0 Å². The number of phosphoric ester groups is 1. The number of phosphoric acid groups is 1. The Morgan fingerprint density at radius 2 is 0.917 bits per heavy atom. The molecule has 0 amide bonds. The zero-order valence-electron chi connectivity index (χ0n) is 23.2. The third-order valence-corrected chi connectivity index (χ3v) is 7.30. The average Bonchev–Trinajstić information content (AvgIpc) is 2.92. The number of hydrogen-bond donors (Lipinski definition) is 0. The van der Waals surface area contributed by atoms with Crippen LogP contribution in [0.1, 0.15) is 90.2 Å². The van der Waals surface area contributed by atoms with Crippen LogP contribution in [0.2, 0.25) is 0 Å². The lowest BCUT2D eigenvalue weighted by Gasteiger charge is -2.39. The van der Waals surface area contributed by atoms with Gasteiger partial charge in [0.15, 0.2) is 0 Å². The summed E-state index contributed by atoms with van der Waals surface area (Å²) in [6, 6.07) is 18.1. The van der Waals surface area contributed by atoms with Gasteiger partial charge in [-0.1, -0.05) is 114 Å². The van der Waals surface area contributed by atoms with Crippen molar-refractivity contribution in [1.82, 2.24) is 0 Å². The fraction of sp³-hybridized carbons (Fsp3) is 0.600. The van der Waals surface area contributed by atoms with Gasteiger partial charge in [0.25, 0.3) is 7.82 Å². The van der Waals surface area contributed by atoms with E-state index in [-0.39, 0.29) is 13.2 Å². The maximum absolute atomic E-state index is 11.6. The number of benzene rings is 2. The Morgan fingerprint density at radius 3 is 1.19 bits per heavy atom. The summed E-state index contributed by atoms with van der Waals surface area (Å²) in [5.41, 5.74) is 1.56. The third-order valence-electron chi connectivity index (χ3n) is 6.41. The average molecular weight is 520 g/mol. The van der Waals surface area contributed by atoms with E-state index in [2.05, 4.69) is 27.7 Å². The van der Waals surface area contributed by atoms with Gasteiger partial charge in [-0.05, 0) is 36.8 Å². The van der Waals surface area contributed by atoms with E-state index in [4.69, 9.17) is 9.05 Å². The fourth-order valence-corrected chi connectivity index (χ4v) is 4.83. The highest BCUT2D eigenvalue weighted by atomic mass is 31.2. The molecular weight excluding hydrogens is 469 g/mol. The van der Waals surface area contributed by atoms with E-state index in [1.54, 1.807) is 24.3 Å². The molecule has 0 saturated heterocycles. The molecule has 0 spiro atoms. The quantitative estimate of drug-likeness (QED) is 0.148. The van der Waals surface area contributed by atoms with Crippen molar-refractivity contribution < 1.29 is 23.0 Å². The monoisotopic (exact) mass is 519 g/mol. The second-order valence-electron chi connectivity index (χ2n) is 9.62. The first-order valence-electron chi connectivity index (χ1n) is 13.9. The van der Waals surface area contributed by atoms with Crippen molar-refractivity contribution in [2.45, 2.75) is 92.3 Å². The molecule has 0 aliphatic heterocycles. The molecule has 2 aromatic rings. The second-order valence-corrected chi connectivity index (χ2v) is 11.0. The predicted molar refractivity (Wildman–Crippen MR) is 149 cm³/mol. The number of hydrogen-bond acceptors (Lipinski definition) is 4. The van der Waals surface area contributed by atoms with Crippen molar-refractivity contribution >= 4 is 7.82 Å². The second kappa shape index (κ2) is 19.6. The highest BCUT2D eigenvalue weighted by Crippen LogP contribution is 2.40. The van der Waals surface area contributed by atoms with E-state index in [1.165, 1.54) is 82.0 Å². The Labute approximate surface area is 221 Å². The Balaban J connectivity index is 0.000000363. The van der Waals surface area contributed by atoms with Gasteiger partial charge >= 0.3 is 0 Å². The smallest absolute Gasteiger partial charge is 0.268 e. The summed E-state index contributed by atoms with van der Waals surface area (Å²) in [7, 11) is -4.27. The Bertz CT molecular complexity index is 731. The van der Waals surface area contributed by atoms with Crippen LogP contribution in [0.4, 0.5) is 0 Å². The number of nitrogens with zero attached hydrogens (tertiary/aromatic N) is 1. The van der Waals surface area contributed by atoms with Crippen LogP contribution >= 0.6 is 7.82 Å². The molecule has 0 saturated carbocycles. The minimum atomic E-state index is -4.27. The van der Waals surface area contributed by atoms with Crippen molar-refractivity contribution in [2.24, 2.45) is 0 Å². The molecule has 0 aliphatic rings. The van der Waals surface area contributed by atoms with E-state index < -0.39 is 7.82 Å². The summed E-state index contributed by atoms with van der Waals surface area (Å²) >= 11 is 0. The van der Waals surface area contributed by atoms with E-state index >= 15 is 0 Å². The maximum Gasteiger partial charge on any atom is 0.268 e. The van der Waals surface area contributed by atoms with Crippen molar-refractivity contribution in [3.63, 3.8) is 0 Å². The van der Waals surface area contributed by atoms with Gasteiger partial charge in [-0.2, -0.15) is 0 Å². The van der Waals surface area contributed by atoms with Gasteiger partial charge in [0.2, 0.25) is 0 Å². The maximum atomic E-state index is 11.6. The summed E-state index contributed by atoms with van der Waals surface area (Å²) in [6.07, 6.45) is 11.1. The van der Waals surface area contributed by atoms with Crippen molar-refractivity contribution in [1.29, 1.82) is 0 Å². The first kappa shape index (κ1) is 32.5. The van der Waals surface area contributed by atoms with E-state index in [9.17, 15) is 9.46 Å². The van der Waals surface area contributed by atoms with E-state index in [0.29, 0.717) is 0 Å². The topological polar surface area (TPSA) is 58.6 Å². The van der Waals surface area contributed by atoms with Crippen LogP contribution in [0.15, 0.2) is 60.7 Å². The van der Waals surface area contributed by atoms with Gasteiger partial charge in [-0.15, -0.1) is 0 Å². The van der Waals surface area contributed by atoms with Crippen LogP contribution < -0.4 is 4.89 Å². The summed E-state index contributed by atoms with van der Waals surface area (Å²) in [5, 5.41) is 0. The van der Waals surface area contributed by atoms with Gasteiger partial charge in [0.05, 0.1) is 39.4 Å². The molecule has 204 valence electrons. The highest BCUT2D eigenvalue weighted by Gasteiger charge is 2.24. The minimum absolute atomic E-state index is 0.0175. The first-order chi connectivity index (χ1) is 17.4. The van der Waals surface area contributed by atoms with Crippen LogP contribution in [-0.4, -0.2) is 30.7 Å². The predicted octanol–water partition coefficient (Wildman–Crippen LogP) is 7.89. The van der Waals surface area contributed by atoms with E-state index in [1.807, 2.05) is 36.4 Å². The summed E-state index contributed by atoms with van der Waals surface area (Å²) in [5.74, 6) is 0. The molecule has 0 unspecified atom stereocenters. The van der Waals surface area contributed by atoms with Crippen LogP contribution in [0, 0.1) is 0 Å². The molecule has 0 fully saturated rings. The molecule has 0 N–H and O–H groups in total. The summed E-state index contributed by atoms with van der Waals surface area (Å²) < 4.78 is 22.6. The lowest BCUT2D eigenvalue weighted by atomic mass is 10.1. The van der Waals surface area contributed by atoms with Crippen molar-refractivity contribution in [2.75, 3.05) is 26.2 Å². The molecule has 0 bridgehead atoms. The van der Waals surface area contributed by atoms with Gasteiger partial charge in [-0.3, -0.25) is 4.57 Å². The van der Waals surface area contributed by atoms with Crippen LogP contribution in [-0.2, 0) is 26.8 Å². The molecule has 0 atom stereocenters. The number of unbranched alkanes of at least 4 members (excludes halogenated alkanes) is 4. The zero-order chi connectivity index (χ0) is 26.5. The van der Waals surface area contributed by atoms with Crippen LogP contribution in [0.5, 0.6) is 0 Å². The molecule has 0 aromatic heterocycles. The standard InChI is InChI=1S/C16H36N.C14H15O4P/c1-5-9-13-17(14-10-6-2,15-11-7-3)16-12-8-4;15-19(16,17-11-13-7-3-1-4-8-13)18-12-14-9-5-2-6-10-14/h5-16H2,1-4H3;1-10H,11-12H2,(H,15,16)/q+1;/p-1. The van der Waals surface area contributed by atoms with Gasteiger partial charge in [0.1, 0.15) is 0 Å². The SMILES string of the molecule is CCCC[N+](CCCC)(CCCC)CCCC.O=P([O-])(OCc1ccccc1)OCc1ccccc1. The van der Waals surface area contributed by atoms with Crippen LogP contribution in [0.3, 0.4) is 0 Å². The summed E-state index contributed by atoms with van der Waals surface area (Å²) in [6.45, 7) is 15.0. The largest absolute Gasteiger partial charge is 0.756 e. The molecular formula is C30H50NO4P. The lowest BCUT2D eigenvalue weighted by Crippen LogP contribution is -2.50. The third kappa shape index (κ3) is 14.9. The van der Waals surface area contributed by atoms with Crippen molar-refractivity contribution in [3.8, 4) is 0 Å². The van der Waals surface area contributed by atoms with Gasteiger partial charge in [0, 0.05) is 0 Å². The normalized spacial score (nSPS) is 11.7. The molecule has 6 heteroatoms. The summed E-state index contributed by atoms with van der Waals surface area (Å²) in [4.78, 5) is 11.6. The number of rotatable bonds is 18. The Morgan fingerprint density at radius 1 is 0.611 bits per heavy atom. The molecule has 2 aromatic carbocycles. The molecule has 0 heterocycles. The minimum Gasteiger partial charge on any atom is -0.756 e. The molecule has 5 nitrogen and oxygen atoms in total. The highest BCUT2D eigenvalue weighted by molar-refractivity contribution is 7.45. The molecule has 36 heavy (non-hydrogen) atoms. The molecule has 2 rings (SSSR count). The van der Waals surface area contributed by atoms with Gasteiger partial charge < -0.3 is 18.4 Å². The Kier molecular flexibility index (Phi) is 17.7. The van der Waals surface area contributed by atoms with E-state index in [0.717, 1.165) is 11.1 Å². The Hall–Kier alpha value is -1.49. The molecule has 0 radical (unpaired) electrons. The molecule has 0 aliphatic carbocycles. The lowest BCUT2D eigenvalue weighted by molar-refractivity contribution is -0.929. The zero-order valence-corrected chi connectivity index (χ0v) is 24.1. The fourth-order valence-electron chi connectivity index (χ4n) is 4.14. The van der Waals surface area contributed by atoms with Crippen molar-refractivity contribution in [3.05, 3.63) is 71.8 Å². The number of quaternary nitrogens is 1. The first-order valence-corrected chi connectivity index (χ1v) is 15.4.